The van der Waals surface area contributed by atoms with Gasteiger partial charge in [-0.3, -0.25) is 14.4 Å². The van der Waals surface area contributed by atoms with Crippen LogP contribution in [0.5, 0.6) is 0 Å². The number of allylic oxidation sites excluding steroid dienone is 20. The quantitative estimate of drug-likeness (QED) is 0.0261. The van der Waals surface area contributed by atoms with Crippen molar-refractivity contribution in [2.24, 2.45) is 0 Å². The summed E-state index contributed by atoms with van der Waals surface area (Å²) in [6, 6.07) is 0. The smallest absolute Gasteiger partial charge is 0.306 e. The Hall–Kier alpha value is -4.19. The van der Waals surface area contributed by atoms with E-state index >= 15 is 0 Å². The van der Waals surface area contributed by atoms with Crippen LogP contribution in [0, 0.1) is 0 Å². The molecule has 6 heteroatoms. The first kappa shape index (κ1) is 77.8. The van der Waals surface area contributed by atoms with Gasteiger partial charge in [-0.2, -0.15) is 0 Å². The van der Waals surface area contributed by atoms with Crippen molar-refractivity contribution in [1.82, 2.24) is 0 Å². The minimum Gasteiger partial charge on any atom is -0.462 e. The standard InChI is InChI=1S/C76H128O6/c1-4-7-10-13-16-19-22-25-28-30-32-34-35-36-37-38-39-40-41-43-44-46-48-51-54-57-60-63-66-69-75(78)81-72-73(71-80-74(77)68-65-62-59-56-53-50-27-24-21-18-15-12-9-6-3)82-76(79)70-67-64-61-58-55-52-49-47-45-42-33-31-29-26-23-20-17-14-11-8-5-2/h7,10,16,19,24-25,27-28,31-34,36-37,39-40,43-44,48,51,73H,4-6,8-9,11-15,17-18,20-23,26,29-30,35,38,41-42,45-47,49-50,52-72H2,1-3H3/b10-7-,19-16-,27-24-,28-25-,33-31-,34-32-,37-36-,40-39-,44-43-,51-48-. The summed E-state index contributed by atoms with van der Waals surface area (Å²) in [4.78, 5) is 38.4. The molecule has 0 amide bonds. The molecule has 1 unspecified atom stereocenters. The fraction of sp³-hybridized carbons (Fsp3) is 0.697. The van der Waals surface area contributed by atoms with Gasteiger partial charge in [0, 0.05) is 19.3 Å². The fourth-order valence-electron chi connectivity index (χ4n) is 9.51. The Morgan fingerprint density at radius 3 is 0.756 bits per heavy atom. The SMILES string of the molecule is CC/C=C\C/C=C\C/C=C\C/C=C\C/C=C\C/C=C\C/C=C\C/C=C\CCCCCCC(=O)OCC(COC(=O)CCCCCCC/C=C\CCCCCCC)OC(=O)CCCCCCCCCCC/C=C\CCCCCCCCCC. The summed E-state index contributed by atoms with van der Waals surface area (Å²) in [6.45, 7) is 6.51. The zero-order chi connectivity index (χ0) is 59.2. The van der Waals surface area contributed by atoms with Crippen LogP contribution in [0.4, 0.5) is 0 Å². The molecule has 82 heavy (non-hydrogen) atoms. The fourth-order valence-corrected chi connectivity index (χ4v) is 9.51. The van der Waals surface area contributed by atoms with Gasteiger partial charge in [0.1, 0.15) is 13.2 Å². The van der Waals surface area contributed by atoms with Crippen LogP contribution < -0.4 is 0 Å². The molecule has 0 spiro atoms. The summed E-state index contributed by atoms with van der Waals surface area (Å²) in [5.74, 6) is -0.919. The maximum atomic E-state index is 12.9. The van der Waals surface area contributed by atoms with Gasteiger partial charge in [0.15, 0.2) is 6.10 Å². The summed E-state index contributed by atoms with van der Waals surface area (Å²) in [7, 11) is 0. The van der Waals surface area contributed by atoms with E-state index in [0.717, 1.165) is 128 Å². The number of esters is 3. The van der Waals surface area contributed by atoms with Crippen molar-refractivity contribution in [2.75, 3.05) is 13.2 Å². The largest absolute Gasteiger partial charge is 0.462 e. The van der Waals surface area contributed by atoms with E-state index in [1.54, 1.807) is 0 Å². The van der Waals surface area contributed by atoms with E-state index in [1.807, 2.05) is 0 Å². The van der Waals surface area contributed by atoms with Crippen molar-refractivity contribution in [1.29, 1.82) is 0 Å². The van der Waals surface area contributed by atoms with E-state index in [2.05, 4.69) is 142 Å². The number of hydrogen-bond acceptors (Lipinski definition) is 6. The van der Waals surface area contributed by atoms with E-state index in [9.17, 15) is 14.4 Å². The summed E-state index contributed by atoms with van der Waals surface area (Å²) >= 11 is 0. The Morgan fingerprint density at radius 2 is 0.476 bits per heavy atom. The molecule has 0 rings (SSSR count). The topological polar surface area (TPSA) is 78.9 Å². The van der Waals surface area contributed by atoms with Crippen molar-refractivity contribution < 1.29 is 28.6 Å². The lowest BCUT2D eigenvalue weighted by Gasteiger charge is -2.18. The van der Waals surface area contributed by atoms with Gasteiger partial charge in [-0.15, -0.1) is 0 Å². The van der Waals surface area contributed by atoms with Crippen LogP contribution in [0.1, 0.15) is 323 Å². The Balaban J connectivity index is 4.40. The molecule has 0 saturated carbocycles. The van der Waals surface area contributed by atoms with Crippen LogP contribution in [0.15, 0.2) is 122 Å². The van der Waals surface area contributed by atoms with E-state index in [-0.39, 0.29) is 31.1 Å². The van der Waals surface area contributed by atoms with Crippen molar-refractivity contribution in [3.05, 3.63) is 122 Å². The third-order valence-electron chi connectivity index (χ3n) is 14.7. The number of hydrogen-bond donors (Lipinski definition) is 0. The van der Waals surface area contributed by atoms with Gasteiger partial charge in [-0.25, -0.2) is 0 Å². The molecule has 0 heterocycles. The number of carbonyl (C=O) groups excluding carboxylic acids is 3. The van der Waals surface area contributed by atoms with Crippen LogP contribution in [0.2, 0.25) is 0 Å². The van der Waals surface area contributed by atoms with Crippen LogP contribution >= 0.6 is 0 Å². The van der Waals surface area contributed by atoms with Crippen molar-refractivity contribution in [2.45, 2.75) is 329 Å². The van der Waals surface area contributed by atoms with Gasteiger partial charge in [0.25, 0.3) is 0 Å². The average Bonchev–Trinajstić information content (AvgIpc) is 3.47. The molecular formula is C76H128O6. The van der Waals surface area contributed by atoms with Gasteiger partial charge in [0.2, 0.25) is 0 Å². The lowest BCUT2D eigenvalue weighted by molar-refractivity contribution is -0.167. The van der Waals surface area contributed by atoms with Crippen LogP contribution in [-0.4, -0.2) is 37.2 Å². The van der Waals surface area contributed by atoms with E-state index in [4.69, 9.17) is 14.2 Å². The lowest BCUT2D eigenvalue weighted by atomic mass is 10.1. The second-order valence-corrected chi connectivity index (χ2v) is 22.7. The minimum atomic E-state index is -0.798. The first-order valence-electron chi connectivity index (χ1n) is 34.5. The predicted molar refractivity (Wildman–Crippen MR) is 357 cm³/mol. The molecule has 0 aliphatic heterocycles. The molecule has 0 radical (unpaired) electrons. The minimum absolute atomic E-state index is 0.0921. The lowest BCUT2D eigenvalue weighted by Crippen LogP contribution is -2.30. The second kappa shape index (κ2) is 69.3. The number of rotatable bonds is 62. The summed E-state index contributed by atoms with van der Waals surface area (Å²) in [5, 5.41) is 0. The Morgan fingerprint density at radius 1 is 0.256 bits per heavy atom. The highest BCUT2D eigenvalue weighted by atomic mass is 16.6. The first-order valence-corrected chi connectivity index (χ1v) is 34.5. The molecule has 6 nitrogen and oxygen atoms in total. The van der Waals surface area contributed by atoms with Crippen LogP contribution in [0.25, 0.3) is 0 Å². The average molecular weight is 1140 g/mol. The molecule has 0 N–H and O–H groups in total. The zero-order valence-corrected chi connectivity index (χ0v) is 53.7. The third-order valence-corrected chi connectivity index (χ3v) is 14.7. The first-order chi connectivity index (χ1) is 40.5. The molecule has 0 bridgehead atoms. The van der Waals surface area contributed by atoms with Crippen molar-refractivity contribution in [3.8, 4) is 0 Å². The molecule has 0 saturated heterocycles. The van der Waals surface area contributed by atoms with E-state index < -0.39 is 6.10 Å². The van der Waals surface area contributed by atoms with E-state index in [0.29, 0.717) is 19.3 Å². The molecule has 1 atom stereocenters. The molecule has 0 aromatic heterocycles. The van der Waals surface area contributed by atoms with Gasteiger partial charge in [0.05, 0.1) is 0 Å². The normalized spacial score (nSPS) is 12.9. The van der Waals surface area contributed by atoms with Gasteiger partial charge < -0.3 is 14.2 Å². The molecule has 0 aliphatic carbocycles. The highest BCUT2D eigenvalue weighted by molar-refractivity contribution is 5.71. The second-order valence-electron chi connectivity index (χ2n) is 22.7. The highest BCUT2D eigenvalue weighted by Gasteiger charge is 2.19. The van der Waals surface area contributed by atoms with Crippen LogP contribution in [-0.2, 0) is 28.6 Å². The van der Waals surface area contributed by atoms with Gasteiger partial charge in [-0.05, 0) is 135 Å². The summed E-state index contributed by atoms with van der Waals surface area (Å²) in [6.07, 6.45) is 96.4. The molecule has 0 aliphatic rings. The molecule has 0 aromatic carbocycles. The van der Waals surface area contributed by atoms with Crippen molar-refractivity contribution in [3.63, 3.8) is 0 Å². The number of unbranched alkanes of at least 4 members (excludes halogenated alkanes) is 31. The molecule has 468 valence electrons. The maximum absolute atomic E-state index is 12.9. The Kier molecular flexibility index (Phi) is 65.8. The number of carbonyl (C=O) groups is 3. The Bertz CT molecular complexity index is 1690. The summed E-state index contributed by atoms with van der Waals surface area (Å²) in [5.41, 5.74) is 0. The zero-order valence-electron chi connectivity index (χ0n) is 53.7. The number of ether oxygens (including phenoxy) is 3. The highest BCUT2D eigenvalue weighted by Crippen LogP contribution is 2.16. The van der Waals surface area contributed by atoms with Crippen LogP contribution in [0.3, 0.4) is 0 Å². The predicted octanol–water partition coefficient (Wildman–Crippen LogP) is 23.9. The maximum Gasteiger partial charge on any atom is 0.306 e. The molecule has 0 fully saturated rings. The Labute approximate surface area is 507 Å². The van der Waals surface area contributed by atoms with Gasteiger partial charge >= 0.3 is 17.9 Å². The van der Waals surface area contributed by atoms with Crippen molar-refractivity contribution >= 4 is 17.9 Å². The van der Waals surface area contributed by atoms with Gasteiger partial charge in [-0.1, -0.05) is 290 Å². The summed E-state index contributed by atoms with van der Waals surface area (Å²) < 4.78 is 16.9. The monoisotopic (exact) mass is 1140 g/mol. The third kappa shape index (κ3) is 66.6. The molecule has 0 aromatic rings. The van der Waals surface area contributed by atoms with E-state index in [1.165, 1.54) is 154 Å². The molecular weight excluding hydrogens is 1010 g/mol.